The van der Waals surface area contributed by atoms with Gasteiger partial charge in [-0.1, -0.05) is 31.5 Å². The van der Waals surface area contributed by atoms with Crippen molar-refractivity contribution in [3.8, 4) is 0 Å². The van der Waals surface area contributed by atoms with E-state index in [1.165, 1.54) is 0 Å². The molecule has 1 heterocycles. The summed E-state index contributed by atoms with van der Waals surface area (Å²) in [6.45, 7) is 13.7. The highest BCUT2D eigenvalue weighted by Crippen LogP contribution is 2.20. The van der Waals surface area contributed by atoms with Crippen LogP contribution >= 0.6 is 11.6 Å². The van der Waals surface area contributed by atoms with E-state index in [0.29, 0.717) is 46.7 Å². The average Bonchev–Trinajstić information content (AvgIpc) is 2.84. The van der Waals surface area contributed by atoms with Crippen LogP contribution in [0.2, 0.25) is 5.02 Å². The number of rotatable bonds is 13. The molecule has 1 amide bonds. The van der Waals surface area contributed by atoms with Gasteiger partial charge in [0.1, 0.15) is 10.8 Å². The van der Waals surface area contributed by atoms with E-state index in [1.807, 2.05) is 12.1 Å². The maximum atomic E-state index is 12.7. The van der Waals surface area contributed by atoms with Gasteiger partial charge >= 0.3 is 0 Å². The number of nitrogens with one attached hydrogen (secondary N) is 1. The third-order valence-corrected chi connectivity index (χ3v) is 7.07. The van der Waals surface area contributed by atoms with Crippen LogP contribution in [0.25, 0.3) is 12.8 Å². The van der Waals surface area contributed by atoms with Gasteiger partial charge in [-0.05, 0) is 49.4 Å². The SMILES string of the molecule is C=c1c(C(=O)NCCC([CH2+])(C)O)ccc2c1=CN(CC(CCC)CCCC(=O)c1ccc(Cl)cc1)C[CH+]2. The number of amides is 1. The van der Waals surface area contributed by atoms with E-state index < -0.39 is 5.60 Å². The fourth-order valence-corrected chi connectivity index (χ4v) is 4.87. The molecule has 6 heteroatoms. The number of hydrogen-bond acceptors (Lipinski definition) is 4. The van der Waals surface area contributed by atoms with Crippen LogP contribution in [-0.4, -0.2) is 46.9 Å². The number of hydrogen-bond donors (Lipinski definition) is 2. The summed E-state index contributed by atoms with van der Waals surface area (Å²) in [5.41, 5.74) is 1.27. The van der Waals surface area contributed by atoms with Crippen molar-refractivity contribution in [2.24, 2.45) is 5.92 Å². The van der Waals surface area contributed by atoms with Crippen molar-refractivity contribution >= 4 is 36.1 Å². The first-order valence-corrected chi connectivity index (χ1v) is 13.5. The van der Waals surface area contributed by atoms with Gasteiger partial charge in [0.25, 0.3) is 5.91 Å². The molecule has 37 heavy (non-hydrogen) atoms. The van der Waals surface area contributed by atoms with Crippen LogP contribution in [0.3, 0.4) is 0 Å². The first-order valence-electron chi connectivity index (χ1n) is 13.1. The van der Waals surface area contributed by atoms with Gasteiger partial charge in [-0.2, -0.15) is 0 Å². The second kappa shape index (κ2) is 13.1. The third kappa shape index (κ3) is 8.58. The van der Waals surface area contributed by atoms with E-state index in [-0.39, 0.29) is 11.7 Å². The number of benzene rings is 2. The molecule has 2 unspecified atom stereocenters. The first-order chi connectivity index (χ1) is 17.6. The lowest BCUT2D eigenvalue weighted by Crippen LogP contribution is -2.43. The van der Waals surface area contributed by atoms with Crippen LogP contribution in [0.15, 0.2) is 36.4 Å². The van der Waals surface area contributed by atoms with Gasteiger partial charge in [-0.25, -0.2) is 0 Å². The van der Waals surface area contributed by atoms with Crippen molar-refractivity contribution in [1.82, 2.24) is 10.2 Å². The van der Waals surface area contributed by atoms with Gasteiger partial charge in [0, 0.05) is 67.2 Å². The predicted molar refractivity (Wildman–Crippen MR) is 152 cm³/mol. The highest BCUT2D eigenvalue weighted by Gasteiger charge is 2.24. The Morgan fingerprint density at radius 1 is 1.24 bits per heavy atom. The molecule has 196 valence electrons. The maximum Gasteiger partial charge on any atom is 0.254 e. The molecule has 0 aromatic heterocycles. The van der Waals surface area contributed by atoms with E-state index >= 15 is 0 Å². The Morgan fingerprint density at radius 3 is 2.65 bits per heavy atom. The molecule has 0 radical (unpaired) electrons. The molecule has 0 spiro atoms. The molecule has 0 saturated heterocycles. The van der Waals surface area contributed by atoms with Crippen molar-refractivity contribution in [2.45, 2.75) is 58.0 Å². The van der Waals surface area contributed by atoms with Crippen molar-refractivity contribution in [3.63, 3.8) is 0 Å². The highest BCUT2D eigenvalue weighted by atomic mass is 35.5. The Hall–Kier alpha value is -2.89. The van der Waals surface area contributed by atoms with Crippen molar-refractivity contribution < 1.29 is 14.7 Å². The fourth-order valence-electron chi connectivity index (χ4n) is 4.74. The second-order valence-corrected chi connectivity index (χ2v) is 10.8. The fraction of sp³-hybridized carbons (Fsp3) is 0.419. The molecular formula is C31H39ClN2O3+2. The molecule has 2 aromatic rings. The van der Waals surface area contributed by atoms with Gasteiger partial charge in [0.05, 0.1) is 25.2 Å². The second-order valence-electron chi connectivity index (χ2n) is 10.4. The van der Waals surface area contributed by atoms with Crippen LogP contribution in [-0.2, 0) is 0 Å². The van der Waals surface area contributed by atoms with Crippen molar-refractivity contribution in [1.29, 1.82) is 0 Å². The van der Waals surface area contributed by atoms with E-state index in [0.717, 1.165) is 49.6 Å². The summed E-state index contributed by atoms with van der Waals surface area (Å²) in [4.78, 5) is 27.6. The van der Waals surface area contributed by atoms with E-state index in [4.69, 9.17) is 11.6 Å². The van der Waals surface area contributed by atoms with Crippen LogP contribution in [0.4, 0.5) is 0 Å². The number of aliphatic hydroxyl groups is 1. The number of carbonyl (C=O) groups excluding carboxylic acids is 2. The molecule has 2 aromatic carbocycles. The van der Waals surface area contributed by atoms with Gasteiger partial charge < -0.3 is 15.3 Å². The Kier molecular flexibility index (Phi) is 10.1. The minimum atomic E-state index is -1.07. The molecule has 2 N–H and O–H groups in total. The molecule has 0 bridgehead atoms. The summed E-state index contributed by atoms with van der Waals surface area (Å²) < 4.78 is 0. The van der Waals surface area contributed by atoms with Gasteiger partial charge in [0.2, 0.25) is 5.60 Å². The summed E-state index contributed by atoms with van der Waals surface area (Å²) in [5, 5.41) is 15.0. The Labute approximate surface area is 226 Å². The largest absolute Gasteiger partial charge is 0.352 e. The lowest BCUT2D eigenvalue weighted by Gasteiger charge is -2.26. The average molecular weight is 523 g/mol. The lowest BCUT2D eigenvalue weighted by atomic mass is 9.93. The van der Waals surface area contributed by atoms with Crippen molar-refractivity contribution in [2.75, 3.05) is 19.6 Å². The summed E-state index contributed by atoms with van der Waals surface area (Å²) in [6.07, 6.45) is 9.23. The Balaban J connectivity index is 1.63. The zero-order valence-corrected chi connectivity index (χ0v) is 22.8. The quantitative estimate of drug-likeness (QED) is 0.299. The summed E-state index contributed by atoms with van der Waals surface area (Å²) >= 11 is 5.93. The normalized spacial score (nSPS) is 15.1. The van der Waals surface area contributed by atoms with Crippen LogP contribution in [0.5, 0.6) is 0 Å². The number of nitrogens with zero attached hydrogens (tertiary/aromatic N) is 1. The highest BCUT2D eigenvalue weighted by molar-refractivity contribution is 6.30. The number of Topliss-reactive ketones (excluding diaryl/α,β-unsaturated/α-hetero) is 1. The molecule has 0 saturated carbocycles. The monoisotopic (exact) mass is 522 g/mol. The zero-order chi connectivity index (χ0) is 27.0. The van der Waals surface area contributed by atoms with Crippen LogP contribution < -0.4 is 15.8 Å². The standard InChI is InChI=1S/C31H38ClN2O3/c1-5-7-23(8-6-9-29(35)25-10-13-26(32)14-11-25)20-34-19-16-24-12-15-27(22(2)28(24)21-34)30(36)33-18-17-31(3,4)37/h10-16,21,23,37H,2-3,5-9,17-20H2,1,4H3/q+1/p+1. The predicted octanol–water partition coefficient (Wildman–Crippen LogP) is 4.53. The van der Waals surface area contributed by atoms with E-state index in [2.05, 4.69) is 43.3 Å². The Bertz CT molecular complexity index is 1180. The van der Waals surface area contributed by atoms with Gasteiger partial charge in [0.15, 0.2) is 5.78 Å². The number of ketones is 1. The maximum absolute atomic E-state index is 12.7. The first kappa shape index (κ1) is 28.7. The van der Waals surface area contributed by atoms with Crippen LogP contribution in [0, 0.1) is 19.3 Å². The van der Waals surface area contributed by atoms with Crippen LogP contribution in [0.1, 0.15) is 78.7 Å². The summed E-state index contributed by atoms with van der Waals surface area (Å²) in [5.74, 6) is 0.436. The molecule has 0 aliphatic carbocycles. The number of halogens is 1. The number of fused-ring (bicyclic) bond motifs is 1. The molecule has 1 aliphatic heterocycles. The van der Waals surface area contributed by atoms with Gasteiger partial charge in [-0.15, -0.1) is 0 Å². The lowest BCUT2D eigenvalue weighted by molar-refractivity contribution is 0.0878. The molecule has 2 atom stereocenters. The summed E-state index contributed by atoms with van der Waals surface area (Å²) in [6, 6.07) is 10.9. The van der Waals surface area contributed by atoms with Crippen molar-refractivity contribution in [3.05, 3.63) is 81.9 Å². The minimum Gasteiger partial charge on any atom is -0.352 e. The number of carbonyl (C=O) groups is 2. The smallest absolute Gasteiger partial charge is 0.254 e. The Morgan fingerprint density at radius 2 is 1.97 bits per heavy atom. The summed E-state index contributed by atoms with van der Waals surface area (Å²) in [7, 11) is 0. The van der Waals surface area contributed by atoms with E-state index in [1.54, 1.807) is 31.2 Å². The molecule has 0 fully saturated rings. The molecule has 1 aliphatic rings. The molecule has 5 nitrogen and oxygen atoms in total. The zero-order valence-electron chi connectivity index (χ0n) is 22.1. The third-order valence-electron chi connectivity index (χ3n) is 6.81. The topological polar surface area (TPSA) is 69.6 Å². The molecule has 3 rings (SSSR count). The van der Waals surface area contributed by atoms with E-state index in [9.17, 15) is 14.7 Å². The minimum absolute atomic E-state index is 0.157. The van der Waals surface area contributed by atoms with Gasteiger partial charge in [-0.3, -0.25) is 9.59 Å². The molecular weight excluding hydrogens is 484 g/mol.